The molecule has 0 spiro atoms. The number of hydrogen-bond donors (Lipinski definition) is 0. The van der Waals surface area contributed by atoms with Gasteiger partial charge in [-0.25, -0.2) is 9.98 Å². The van der Waals surface area contributed by atoms with Crippen molar-refractivity contribution in [1.29, 1.82) is 0 Å². The van der Waals surface area contributed by atoms with Crippen molar-refractivity contribution in [2.45, 2.75) is 0 Å². The largest absolute Gasteiger partial charge is 0.467 e. The van der Waals surface area contributed by atoms with Crippen LogP contribution in [0, 0.1) is 0 Å². The molecular formula is C5H4N2O. The Morgan fingerprint density at radius 1 is 1.62 bits per heavy atom. The Morgan fingerprint density at radius 3 is 3.50 bits per heavy atom. The van der Waals surface area contributed by atoms with E-state index >= 15 is 0 Å². The molecule has 0 aliphatic carbocycles. The van der Waals surface area contributed by atoms with E-state index in [1.807, 2.05) is 6.08 Å². The van der Waals surface area contributed by atoms with Crippen molar-refractivity contribution < 1.29 is 4.74 Å². The van der Waals surface area contributed by atoms with Crippen LogP contribution in [0.4, 0.5) is 0 Å². The summed E-state index contributed by atoms with van der Waals surface area (Å²) in [4.78, 5) is 7.83. The Morgan fingerprint density at radius 2 is 2.62 bits per heavy atom. The summed E-state index contributed by atoms with van der Waals surface area (Å²) in [6, 6.07) is 0. The van der Waals surface area contributed by atoms with Gasteiger partial charge in [0, 0.05) is 12.3 Å². The van der Waals surface area contributed by atoms with E-state index in [2.05, 4.69) is 9.98 Å². The maximum Gasteiger partial charge on any atom is 0.193 e. The minimum atomic E-state index is 0.443. The summed E-state index contributed by atoms with van der Waals surface area (Å²) in [7, 11) is 0. The van der Waals surface area contributed by atoms with Crippen LogP contribution in [0.15, 0.2) is 21.8 Å². The summed E-state index contributed by atoms with van der Waals surface area (Å²) in [5.41, 5.74) is 0. The summed E-state index contributed by atoms with van der Waals surface area (Å²) < 4.78 is 5.01. The van der Waals surface area contributed by atoms with Gasteiger partial charge in [-0.3, -0.25) is 0 Å². The average Bonchev–Trinajstić information content (AvgIpc) is 2.15. The fraction of sp³-hybridized carbons (Fsp3) is 0.200. The Hall–Kier alpha value is -1.12. The first-order valence-electron chi connectivity index (χ1n) is 2.39. The third-order valence-electron chi connectivity index (χ3n) is 1.08. The number of amidine groups is 1. The molecule has 0 unspecified atom stereocenters. The molecule has 2 rings (SSSR count). The molecule has 0 aromatic carbocycles. The molecule has 0 saturated heterocycles. The van der Waals surface area contributed by atoms with Gasteiger partial charge in [-0.1, -0.05) is 0 Å². The summed E-state index contributed by atoms with van der Waals surface area (Å²) in [6.07, 6.45) is 3.50. The number of ether oxygens (including phenoxy) is 1. The molecular weight excluding hydrogens is 104 g/mol. The number of allylic oxidation sites excluding steroid dienone is 1. The Balaban J connectivity index is 2.49. The fourth-order valence-corrected chi connectivity index (χ4v) is 0.708. The standard InChI is InChI=1S/C5H4N2O/c1-2-6-5-4(1)8-3-7-5/h1-2H,3H2. The van der Waals surface area contributed by atoms with Crippen LogP contribution >= 0.6 is 0 Å². The van der Waals surface area contributed by atoms with E-state index in [0.717, 1.165) is 11.6 Å². The van der Waals surface area contributed by atoms with Crippen LogP contribution in [0.2, 0.25) is 0 Å². The lowest BCUT2D eigenvalue weighted by Crippen LogP contribution is -1.87. The second-order valence-corrected chi connectivity index (χ2v) is 1.56. The monoisotopic (exact) mass is 108 g/mol. The summed E-state index contributed by atoms with van der Waals surface area (Å²) in [6.45, 7) is 0.443. The van der Waals surface area contributed by atoms with Crippen LogP contribution in [-0.4, -0.2) is 18.8 Å². The van der Waals surface area contributed by atoms with Gasteiger partial charge in [0.25, 0.3) is 0 Å². The predicted molar refractivity (Wildman–Crippen MR) is 30.0 cm³/mol. The van der Waals surface area contributed by atoms with E-state index in [1.54, 1.807) is 6.21 Å². The van der Waals surface area contributed by atoms with Gasteiger partial charge in [-0.05, 0) is 0 Å². The van der Waals surface area contributed by atoms with E-state index in [0.29, 0.717) is 6.73 Å². The molecule has 3 nitrogen and oxygen atoms in total. The molecule has 2 heterocycles. The first-order valence-corrected chi connectivity index (χ1v) is 2.39. The lowest BCUT2D eigenvalue weighted by atomic mass is 10.5. The van der Waals surface area contributed by atoms with Gasteiger partial charge < -0.3 is 4.74 Å². The van der Waals surface area contributed by atoms with Gasteiger partial charge >= 0.3 is 0 Å². The SMILES string of the molecule is C1=NC2=NCOC2=C1. The maximum absolute atomic E-state index is 5.01. The molecule has 0 aromatic rings. The van der Waals surface area contributed by atoms with E-state index in [-0.39, 0.29) is 0 Å². The van der Waals surface area contributed by atoms with Gasteiger partial charge in [0.1, 0.15) is 0 Å². The molecule has 2 aliphatic heterocycles. The van der Waals surface area contributed by atoms with Crippen LogP contribution in [0.1, 0.15) is 0 Å². The molecule has 0 radical (unpaired) electrons. The molecule has 40 valence electrons. The van der Waals surface area contributed by atoms with Crippen molar-refractivity contribution in [3.05, 3.63) is 11.8 Å². The highest BCUT2D eigenvalue weighted by atomic mass is 16.5. The van der Waals surface area contributed by atoms with E-state index in [9.17, 15) is 0 Å². The molecule has 0 atom stereocenters. The fourth-order valence-electron chi connectivity index (χ4n) is 0.708. The van der Waals surface area contributed by atoms with Crippen LogP contribution in [-0.2, 0) is 4.74 Å². The second kappa shape index (κ2) is 1.18. The maximum atomic E-state index is 5.01. The van der Waals surface area contributed by atoms with Gasteiger partial charge in [-0.15, -0.1) is 0 Å². The highest BCUT2D eigenvalue weighted by molar-refractivity contribution is 6.10. The van der Waals surface area contributed by atoms with Crippen LogP contribution in [0.5, 0.6) is 0 Å². The number of rotatable bonds is 0. The summed E-state index contributed by atoms with van der Waals surface area (Å²) >= 11 is 0. The van der Waals surface area contributed by atoms with Crippen LogP contribution < -0.4 is 0 Å². The molecule has 0 fully saturated rings. The molecule has 0 amide bonds. The molecule has 2 aliphatic rings. The number of hydrogen-bond acceptors (Lipinski definition) is 3. The minimum Gasteiger partial charge on any atom is -0.467 e. The molecule has 8 heavy (non-hydrogen) atoms. The molecule has 0 N–H and O–H groups in total. The quantitative estimate of drug-likeness (QED) is 0.440. The number of fused-ring (bicyclic) bond motifs is 1. The van der Waals surface area contributed by atoms with Gasteiger partial charge in [0.05, 0.1) is 0 Å². The van der Waals surface area contributed by atoms with Crippen LogP contribution in [0.25, 0.3) is 0 Å². The third kappa shape index (κ3) is 0.332. The normalized spacial score (nSPS) is 22.0. The third-order valence-corrected chi connectivity index (χ3v) is 1.08. The predicted octanol–water partition coefficient (Wildman–Crippen LogP) is 0.341. The van der Waals surface area contributed by atoms with Crippen molar-refractivity contribution in [2.24, 2.45) is 9.98 Å². The Bertz CT molecular complexity index is 202. The number of aliphatic imine (C=N–C) groups is 2. The zero-order valence-corrected chi connectivity index (χ0v) is 4.16. The smallest absolute Gasteiger partial charge is 0.193 e. The van der Waals surface area contributed by atoms with Crippen molar-refractivity contribution in [1.82, 2.24) is 0 Å². The first-order chi connectivity index (χ1) is 3.97. The highest BCUT2D eigenvalue weighted by Crippen LogP contribution is 2.12. The van der Waals surface area contributed by atoms with Crippen molar-refractivity contribution in [3.8, 4) is 0 Å². The van der Waals surface area contributed by atoms with Gasteiger partial charge in [-0.2, -0.15) is 0 Å². The molecule has 0 saturated carbocycles. The second-order valence-electron chi connectivity index (χ2n) is 1.56. The Labute approximate surface area is 46.4 Å². The van der Waals surface area contributed by atoms with Gasteiger partial charge in [0.15, 0.2) is 18.3 Å². The van der Waals surface area contributed by atoms with Crippen molar-refractivity contribution in [2.75, 3.05) is 6.73 Å². The van der Waals surface area contributed by atoms with Gasteiger partial charge in [0.2, 0.25) is 0 Å². The van der Waals surface area contributed by atoms with E-state index < -0.39 is 0 Å². The highest BCUT2D eigenvalue weighted by Gasteiger charge is 2.15. The van der Waals surface area contributed by atoms with E-state index in [1.165, 1.54) is 0 Å². The van der Waals surface area contributed by atoms with Crippen molar-refractivity contribution in [3.63, 3.8) is 0 Å². The number of nitrogens with zero attached hydrogens (tertiary/aromatic N) is 2. The topological polar surface area (TPSA) is 34.0 Å². The summed E-state index contributed by atoms with van der Waals surface area (Å²) in [5, 5.41) is 0. The zero-order valence-electron chi connectivity index (χ0n) is 4.16. The molecule has 0 bridgehead atoms. The molecule has 3 heteroatoms. The van der Waals surface area contributed by atoms with E-state index in [4.69, 9.17) is 4.74 Å². The van der Waals surface area contributed by atoms with Crippen molar-refractivity contribution >= 4 is 12.1 Å². The average molecular weight is 108 g/mol. The zero-order chi connectivity index (χ0) is 5.40. The minimum absolute atomic E-state index is 0.443. The lowest BCUT2D eigenvalue weighted by molar-refractivity contribution is 0.262. The molecule has 0 aromatic heterocycles. The van der Waals surface area contributed by atoms with Crippen LogP contribution in [0.3, 0.4) is 0 Å². The first kappa shape index (κ1) is 3.83. The Kier molecular flexibility index (Phi) is 0.566. The summed E-state index contributed by atoms with van der Waals surface area (Å²) in [5.74, 6) is 1.55. The lowest BCUT2D eigenvalue weighted by Gasteiger charge is -1.88.